The van der Waals surface area contributed by atoms with E-state index >= 15 is 0 Å². The maximum absolute atomic E-state index is 12.9. The van der Waals surface area contributed by atoms with Gasteiger partial charge in [0.2, 0.25) is 0 Å². The Labute approximate surface area is 183 Å². The fraction of sp³-hybridized carbons (Fsp3) is 0.440. The molecule has 1 aliphatic carbocycles. The van der Waals surface area contributed by atoms with Gasteiger partial charge in [-0.25, -0.2) is 9.79 Å². The van der Waals surface area contributed by atoms with Crippen LogP contribution >= 0.6 is 0 Å². The average Bonchev–Trinajstić information content (AvgIpc) is 2.96. The molecule has 31 heavy (non-hydrogen) atoms. The molecule has 6 nitrogen and oxygen atoms in total. The van der Waals surface area contributed by atoms with E-state index in [0.717, 1.165) is 54.5 Å². The first-order chi connectivity index (χ1) is 15.2. The lowest BCUT2D eigenvalue weighted by Gasteiger charge is -2.41. The van der Waals surface area contributed by atoms with Crippen LogP contribution in [-0.4, -0.2) is 53.4 Å². The minimum atomic E-state index is 0.0796. The van der Waals surface area contributed by atoms with Crippen LogP contribution in [0.15, 0.2) is 53.5 Å². The molecule has 2 aliphatic heterocycles. The van der Waals surface area contributed by atoms with Crippen molar-refractivity contribution in [3.8, 4) is 11.5 Å². The summed E-state index contributed by atoms with van der Waals surface area (Å²) in [6, 6.07) is 16.5. The third-order valence-corrected chi connectivity index (χ3v) is 6.56. The summed E-state index contributed by atoms with van der Waals surface area (Å²) in [7, 11) is 0. The van der Waals surface area contributed by atoms with Gasteiger partial charge in [0.05, 0.1) is 5.56 Å². The Kier molecular flexibility index (Phi) is 5.53. The Balaban J connectivity index is 1.35. The van der Waals surface area contributed by atoms with E-state index in [-0.39, 0.29) is 12.1 Å². The van der Waals surface area contributed by atoms with E-state index < -0.39 is 0 Å². The van der Waals surface area contributed by atoms with Crippen LogP contribution in [0.5, 0.6) is 11.5 Å². The monoisotopic (exact) mass is 418 g/mol. The number of nitrogens with zero attached hydrogens (tertiary/aromatic N) is 3. The molecule has 0 spiro atoms. The third kappa shape index (κ3) is 4.11. The lowest BCUT2D eigenvalue weighted by atomic mass is 9.96. The van der Waals surface area contributed by atoms with Crippen molar-refractivity contribution in [2.45, 2.75) is 51.1 Å². The molecule has 1 unspecified atom stereocenters. The zero-order chi connectivity index (χ0) is 21.2. The summed E-state index contributed by atoms with van der Waals surface area (Å²) >= 11 is 0. The number of hydrogen-bond acceptors (Lipinski definition) is 4. The van der Waals surface area contributed by atoms with E-state index in [0.29, 0.717) is 12.6 Å². The van der Waals surface area contributed by atoms with Crippen LogP contribution in [0.25, 0.3) is 0 Å². The normalized spacial score (nSPS) is 21.3. The second kappa shape index (κ2) is 8.61. The van der Waals surface area contributed by atoms with Gasteiger partial charge < -0.3 is 19.9 Å². The number of hydrogen-bond donors (Lipinski definition) is 1. The van der Waals surface area contributed by atoms with Gasteiger partial charge in [-0.05, 0) is 44.0 Å². The fourth-order valence-corrected chi connectivity index (χ4v) is 4.87. The van der Waals surface area contributed by atoms with Gasteiger partial charge in [-0.1, -0.05) is 43.5 Å². The van der Waals surface area contributed by atoms with Gasteiger partial charge in [0.25, 0.3) is 0 Å². The van der Waals surface area contributed by atoms with Crippen LogP contribution < -0.4 is 10.1 Å². The number of urea groups is 1. The van der Waals surface area contributed by atoms with Gasteiger partial charge in [-0.15, -0.1) is 0 Å². The topological polar surface area (TPSA) is 57.2 Å². The quantitative estimate of drug-likeness (QED) is 0.715. The zero-order valence-corrected chi connectivity index (χ0v) is 18.1. The molecule has 3 aliphatic rings. The van der Waals surface area contributed by atoms with Crippen molar-refractivity contribution in [1.29, 1.82) is 0 Å². The highest BCUT2D eigenvalue weighted by molar-refractivity contribution is 6.03. The third-order valence-electron chi connectivity index (χ3n) is 6.56. The highest BCUT2D eigenvalue weighted by Crippen LogP contribution is 2.38. The van der Waals surface area contributed by atoms with Gasteiger partial charge in [0.1, 0.15) is 17.3 Å². The number of amides is 2. The van der Waals surface area contributed by atoms with Gasteiger partial charge >= 0.3 is 6.03 Å². The number of rotatable bonds is 1. The summed E-state index contributed by atoms with van der Waals surface area (Å²) in [5.41, 5.74) is 1.82. The second-order valence-corrected chi connectivity index (χ2v) is 8.77. The van der Waals surface area contributed by atoms with Crippen molar-refractivity contribution < 1.29 is 9.53 Å². The smallest absolute Gasteiger partial charge is 0.317 e. The number of carbonyl (C=O) groups excluding carboxylic acids is 1. The van der Waals surface area contributed by atoms with Crippen molar-refractivity contribution in [3.05, 3.63) is 54.1 Å². The first kappa shape index (κ1) is 19.9. The predicted octanol–water partition coefficient (Wildman–Crippen LogP) is 4.92. The average molecular weight is 419 g/mol. The maximum atomic E-state index is 12.9. The summed E-state index contributed by atoms with van der Waals surface area (Å²) in [5.74, 6) is 2.50. The molecule has 5 rings (SSSR count). The van der Waals surface area contributed by atoms with Crippen LogP contribution in [0.1, 0.15) is 44.6 Å². The van der Waals surface area contributed by atoms with Gasteiger partial charge in [-0.2, -0.15) is 0 Å². The molecule has 2 heterocycles. The molecular weight excluding hydrogens is 388 g/mol. The number of ether oxygens (including phenoxy) is 1. The first-order valence-electron chi connectivity index (χ1n) is 11.5. The van der Waals surface area contributed by atoms with Crippen LogP contribution in [0.2, 0.25) is 0 Å². The first-order valence-corrected chi connectivity index (χ1v) is 11.5. The molecule has 0 aromatic heterocycles. The summed E-state index contributed by atoms with van der Waals surface area (Å²) < 4.78 is 6.18. The van der Waals surface area contributed by atoms with Gasteiger partial charge in [-0.3, -0.25) is 0 Å². The molecule has 162 valence electrons. The fourth-order valence-electron chi connectivity index (χ4n) is 4.87. The van der Waals surface area contributed by atoms with E-state index in [4.69, 9.17) is 9.73 Å². The minimum Gasteiger partial charge on any atom is -0.454 e. The number of nitrogens with one attached hydrogen (secondary N) is 1. The van der Waals surface area contributed by atoms with Crippen molar-refractivity contribution in [1.82, 2.24) is 15.1 Å². The number of amidine groups is 1. The number of benzene rings is 2. The molecule has 0 bridgehead atoms. The summed E-state index contributed by atoms with van der Waals surface area (Å²) in [5, 5.41) is 3.27. The molecule has 2 amide bonds. The number of piperazine rings is 1. The van der Waals surface area contributed by atoms with Gasteiger partial charge in [0, 0.05) is 31.7 Å². The Morgan fingerprint density at radius 1 is 1.00 bits per heavy atom. The molecule has 1 saturated carbocycles. The zero-order valence-electron chi connectivity index (χ0n) is 18.1. The largest absolute Gasteiger partial charge is 0.454 e. The Bertz CT molecular complexity index is 983. The van der Waals surface area contributed by atoms with E-state index in [2.05, 4.69) is 23.2 Å². The highest BCUT2D eigenvalue weighted by Gasteiger charge is 2.32. The van der Waals surface area contributed by atoms with Crippen molar-refractivity contribution in [3.63, 3.8) is 0 Å². The molecule has 2 aromatic carbocycles. The van der Waals surface area contributed by atoms with Gasteiger partial charge in [0.15, 0.2) is 5.75 Å². The molecule has 0 radical (unpaired) electrons. The molecule has 1 atom stereocenters. The lowest BCUT2D eigenvalue weighted by molar-refractivity contribution is 0.130. The van der Waals surface area contributed by atoms with Crippen molar-refractivity contribution in [2.24, 2.45) is 4.99 Å². The molecule has 1 saturated heterocycles. The van der Waals surface area contributed by atoms with Crippen LogP contribution in [-0.2, 0) is 0 Å². The number of carbonyl (C=O) groups is 1. The molecule has 1 N–H and O–H groups in total. The standard InChI is InChI=1S/C25H30N4O2/c1-18-17-28(15-16-29(18)25(30)26-19-9-3-2-4-10-19)24-20-11-5-7-13-22(20)31-23-14-8-6-12-21(23)27-24/h5-8,11-14,18-19H,2-4,9-10,15-17H2,1H3,(H,26,30). The van der Waals surface area contributed by atoms with Crippen molar-refractivity contribution >= 4 is 17.6 Å². The number of para-hydroxylation sites is 3. The number of fused-ring (bicyclic) bond motifs is 2. The minimum absolute atomic E-state index is 0.0796. The predicted molar refractivity (Wildman–Crippen MR) is 122 cm³/mol. The summed E-state index contributed by atoms with van der Waals surface area (Å²) in [6.45, 7) is 4.30. The van der Waals surface area contributed by atoms with Crippen LogP contribution in [0, 0.1) is 0 Å². The molecule has 2 aromatic rings. The maximum Gasteiger partial charge on any atom is 0.317 e. The van der Waals surface area contributed by atoms with E-state index in [1.165, 1.54) is 19.3 Å². The van der Waals surface area contributed by atoms with E-state index in [9.17, 15) is 4.79 Å². The molecular formula is C25H30N4O2. The Morgan fingerprint density at radius 2 is 1.74 bits per heavy atom. The lowest BCUT2D eigenvalue weighted by Crippen LogP contribution is -2.58. The van der Waals surface area contributed by atoms with E-state index in [1.807, 2.05) is 47.4 Å². The Hall–Kier alpha value is -3.02. The number of aliphatic imine (C=N–C) groups is 1. The molecule has 6 heteroatoms. The van der Waals surface area contributed by atoms with Crippen molar-refractivity contribution in [2.75, 3.05) is 19.6 Å². The summed E-state index contributed by atoms with van der Waals surface area (Å²) in [6.07, 6.45) is 5.94. The van der Waals surface area contributed by atoms with Crippen LogP contribution in [0.3, 0.4) is 0 Å². The van der Waals surface area contributed by atoms with Crippen LogP contribution in [0.4, 0.5) is 10.5 Å². The highest BCUT2D eigenvalue weighted by atomic mass is 16.5. The second-order valence-electron chi connectivity index (χ2n) is 8.77. The Morgan fingerprint density at radius 3 is 2.55 bits per heavy atom. The van der Waals surface area contributed by atoms with E-state index in [1.54, 1.807) is 0 Å². The SMILES string of the molecule is CC1CN(C2=Nc3ccccc3Oc3ccccc32)CCN1C(=O)NC1CCCCC1. The molecule has 2 fully saturated rings. The summed E-state index contributed by atoms with van der Waals surface area (Å²) in [4.78, 5) is 22.2.